The highest BCUT2D eigenvalue weighted by Gasteiger charge is 2.35. The fraction of sp³-hybridized carbons (Fsp3) is 0.0769. The lowest BCUT2D eigenvalue weighted by atomic mass is 10.0. The number of benzene rings is 1. The second-order valence-corrected chi connectivity index (χ2v) is 3.81. The van der Waals surface area contributed by atoms with E-state index in [0.29, 0.717) is 10.9 Å². The predicted octanol–water partition coefficient (Wildman–Crippen LogP) is 3.27. The Kier molecular flexibility index (Phi) is 3.25. The Morgan fingerprint density at radius 3 is 2.58 bits per heavy atom. The number of carboxylic acid groups (broad SMARTS) is 1. The summed E-state index contributed by atoms with van der Waals surface area (Å²) in [4.78, 5) is 14.4. The lowest BCUT2D eigenvalue weighted by molar-refractivity contribution is -0.131. The van der Waals surface area contributed by atoms with Crippen molar-refractivity contribution in [2.24, 2.45) is 0 Å². The van der Waals surface area contributed by atoms with Gasteiger partial charge in [-0.1, -0.05) is 18.2 Å². The number of carboxylic acids is 1. The molecule has 3 nitrogen and oxygen atoms in total. The maximum absolute atomic E-state index is 12.8. The number of fused-ring (bicyclic) bond motifs is 1. The van der Waals surface area contributed by atoms with Crippen LogP contribution in [0.5, 0.6) is 0 Å². The molecule has 0 amide bonds. The first kappa shape index (κ1) is 13.1. The second kappa shape index (κ2) is 4.72. The van der Waals surface area contributed by atoms with Crippen molar-refractivity contribution in [1.82, 2.24) is 4.98 Å². The van der Waals surface area contributed by atoms with Gasteiger partial charge in [0, 0.05) is 23.2 Å². The molecule has 0 spiro atoms. The number of alkyl halides is 3. The largest absolute Gasteiger partial charge is 0.478 e. The summed E-state index contributed by atoms with van der Waals surface area (Å²) in [6.07, 6.45) is -3.58. The molecule has 1 heterocycles. The number of hydrogen-bond donors (Lipinski definition) is 1. The number of nitrogens with zero attached hydrogens (tertiary/aromatic N) is 1. The Balaban J connectivity index is 2.60. The third kappa shape index (κ3) is 2.90. The third-order valence-corrected chi connectivity index (χ3v) is 2.47. The maximum Gasteiger partial charge on any atom is 0.417 e. The molecule has 2 aromatic rings. The molecular formula is C13H8F3NO2. The van der Waals surface area contributed by atoms with Gasteiger partial charge in [0.2, 0.25) is 0 Å². The van der Waals surface area contributed by atoms with Crippen LogP contribution in [-0.4, -0.2) is 22.2 Å². The molecule has 6 heteroatoms. The van der Waals surface area contributed by atoms with Crippen LogP contribution in [0.1, 0.15) is 5.56 Å². The van der Waals surface area contributed by atoms with Crippen molar-refractivity contribution in [3.63, 3.8) is 0 Å². The number of allylic oxidation sites excluding steroid dienone is 1. The number of rotatable bonds is 2. The highest BCUT2D eigenvalue weighted by molar-refractivity contribution is 5.93. The van der Waals surface area contributed by atoms with Gasteiger partial charge < -0.3 is 5.11 Å². The summed E-state index contributed by atoms with van der Waals surface area (Å²) < 4.78 is 38.4. The fourth-order valence-corrected chi connectivity index (χ4v) is 1.67. The van der Waals surface area contributed by atoms with E-state index in [1.54, 1.807) is 24.3 Å². The van der Waals surface area contributed by atoms with Crippen molar-refractivity contribution >= 4 is 22.4 Å². The fourth-order valence-electron chi connectivity index (χ4n) is 1.67. The van der Waals surface area contributed by atoms with E-state index in [1.807, 2.05) is 0 Å². The van der Waals surface area contributed by atoms with Crippen LogP contribution in [0.4, 0.5) is 13.2 Å². The van der Waals surface area contributed by atoms with Crippen LogP contribution >= 0.6 is 0 Å². The van der Waals surface area contributed by atoms with E-state index in [-0.39, 0.29) is 11.6 Å². The number of halogens is 3. The van der Waals surface area contributed by atoms with E-state index in [4.69, 9.17) is 5.11 Å². The van der Waals surface area contributed by atoms with Gasteiger partial charge in [0.05, 0.1) is 11.1 Å². The normalized spacial score (nSPS) is 12.7. The smallest absolute Gasteiger partial charge is 0.417 e. The SMILES string of the molecule is O=C(O)/C=C(\c1cnc2ccccc2c1)C(F)(F)F. The topological polar surface area (TPSA) is 50.2 Å². The number of para-hydroxylation sites is 1. The Hall–Kier alpha value is -2.37. The highest BCUT2D eigenvalue weighted by atomic mass is 19.4. The zero-order valence-electron chi connectivity index (χ0n) is 9.48. The minimum absolute atomic E-state index is 0.145. The molecule has 0 aliphatic heterocycles. The molecular weight excluding hydrogens is 259 g/mol. The standard InChI is InChI=1S/C13H8F3NO2/c14-13(15,16)10(6-12(18)19)9-5-8-3-1-2-4-11(8)17-7-9/h1-7H,(H,18,19)/b10-6+. The molecule has 0 aliphatic carbocycles. The van der Waals surface area contributed by atoms with Crippen molar-refractivity contribution < 1.29 is 23.1 Å². The van der Waals surface area contributed by atoms with E-state index in [9.17, 15) is 18.0 Å². The second-order valence-electron chi connectivity index (χ2n) is 3.81. The van der Waals surface area contributed by atoms with Crippen molar-refractivity contribution in [3.8, 4) is 0 Å². The third-order valence-electron chi connectivity index (χ3n) is 2.47. The van der Waals surface area contributed by atoms with Crippen LogP contribution < -0.4 is 0 Å². The molecule has 0 bridgehead atoms. The van der Waals surface area contributed by atoms with Gasteiger partial charge in [-0.25, -0.2) is 4.79 Å². The zero-order chi connectivity index (χ0) is 14.0. The molecule has 0 unspecified atom stereocenters. The lowest BCUT2D eigenvalue weighted by Gasteiger charge is -2.11. The maximum atomic E-state index is 12.8. The lowest BCUT2D eigenvalue weighted by Crippen LogP contribution is -2.12. The summed E-state index contributed by atoms with van der Waals surface area (Å²) >= 11 is 0. The predicted molar refractivity (Wildman–Crippen MR) is 63.4 cm³/mol. The minimum Gasteiger partial charge on any atom is -0.478 e. The molecule has 0 radical (unpaired) electrons. The van der Waals surface area contributed by atoms with Crippen molar-refractivity contribution in [2.75, 3.05) is 0 Å². The molecule has 0 fully saturated rings. The first-order valence-corrected chi connectivity index (χ1v) is 5.25. The van der Waals surface area contributed by atoms with Gasteiger partial charge in [0.1, 0.15) is 0 Å². The van der Waals surface area contributed by atoms with Gasteiger partial charge in [0.25, 0.3) is 0 Å². The first-order valence-electron chi connectivity index (χ1n) is 5.25. The summed E-state index contributed by atoms with van der Waals surface area (Å²) in [6.45, 7) is 0. The van der Waals surface area contributed by atoms with Crippen molar-refractivity contribution in [2.45, 2.75) is 6.18 Å². The van der Waals surface area contributed by atoms with Crippen LogP contribution in [0.15, 0.2) is 42.6 Å². The highest BCUT2D eigenvalue weighted by Crippen LogP contribution is 2.34. The molecule has 1 N–H and O–H groups in total. The van der Waals surface area contributed by atoms with E-state index in [1.165, 1.54) is 6.07 Å². The molecule has 0 saturated carbocycles. The minimum atomic E-state index is -4.75. The monoisotopic (exact) mass is 267 g/mol. The molecule has 98 valence electrons. The van der Waals surface area contributed by atoms with Crippen LogP contribution in [-0.2, 0) is 4.79 Å². The van der Waals surface area contributed by atoms with Gasteiger partial charge in [-0.3, -0.25) is 4.98 Å². The molecule has 0 aliphatic rings. The average Bonchev–Trinajstić information content (AvgIpc) is 2.34. The summed E-state index contributed by atoms with van der Waals surface area (Å²) in [5, 5.41) is 9.04. The van der Waals surface area contributed by atoms with Gasteiger partial charge >= 0.3 is 12.1 Å². The van der Waals surface area contributed by atoms with Gasteiger partial charge in [-0.05, 0) is 12.1 Å². The molecule has 0 saturated heterocycles. The molecule has 1 aromatic carbocycles. The molecule has 0 atom stereocenters. The van der Waals surface area contributed by atoms with Crippen LogP contribution in [0.25, 0.3) is 16.5 Å². The Bertz CT molecular complexity index is 662. The number of hydrogen-bond acceptors (Lipinski definition) is 2. The van der Waals surface area contributed by atoms with Gasteiger partial charge in [-0.15, -0.1) is 0 Å². The van der Waals surface area contributed by atoms with E-state index in [0.717, 1.165) is 6.20 Å². The molecule has 2 rings (SSSR count). The number of aromatic nitrogens is 1. The van der Waals surface area contributed by atoms with Crippen molar-refractivity contribution in [1.29, 1.82) is 0 Å². The average molecular weight is 267 g/mol. The zero-order valence-corrected chi connectivity index (χ0v) is 9.48. The van der Waals surface area contributed by atoms with E-state index < -0.39 is 17.7 Å². The van der Waals surface area contributed by atoms with Gasteiger partial charge in [0.15, 0.2) is 0 Å². The van der Waals surface area contributed by atoms with Crippen LogP contribution in [0, 0.1) is 0 Å². The van der Waals surface area contributed by atoms with Crippen LogP contribution in [0.3, 0.4) is 0 Å². The number of pyridine rings is 1. The first-order chi connectivity index (χ1) is 8.88. The Labute approximate surface area is 106 Å². The van der Waals surface area contributed by atoms with Gasteiger partial charge in [-0.2, -0.15) is 13.2 Å². The Morgan fingerprint density at radius 1 is 1.26 bits per heavy atom. The molecule has 1 aromatic heterocycles. The van der Waals surface area contributed by atoms with Crippen LogP contribution in [0.2, 0.25) is 0 Å². The number of carbonyl (C=O) groups is 1. The van der Waals surface area contributed by atoms with E-state index >= 15 is 0 Å². The summed E-state index contributed by atoms with van der Waals surface area (Å²) in [6, 6.07) is 7.92. The summed E-state index contributed by atoms with van der Waals surface area (Å²) in [7, 11) is 0. The van der Waals surface area contributed by atoms with E-state index in [2.05, 4.69) is 4.98 Å². The number of aliphatic carboxylic acids is 1. The summed E-state index contributed by atoms with van der Waals surface area (Å²) in [5.41, 5.74) is -0.949. The van der Waals surface area contributed by atoms with Crippen molar-refractivity contribution in [3.05, 3.63) is 48.2 Å². The quantitative estimate of drug-likeness (QED) is 0.849. The summed E-state index contributed by atoms with van der Waals surface area (Å²) in [5.74, 6) is -1.65. The molecule has 19 heavy (non-hydrogen) atoms. The Morgan fingerprint density at radius 2 is 1.95 bits per heavy atom.